The maximum absolute atomic E-state index is 12.2. The second-order valence-corrected chi connectivity index (χ2v) is 8.20. The molecule has 1 aromatic heterocycles. The van der Waals surface area contributed by atoms with Crippen LogP contribution in [0.5, 0.6) is 0 Å². The van der Waals surface area contributed by atoms with Gasteiger partial charge in [-0.15, -0.1) is 0 Å². The normalized spacial score (nSPS) is 11.4. The maximum Gasteiger partial charge on any atom is 0.223 e. The van der Waals surface area contributed by atoms with Crippen LogP contribution in [0, 0.1) is 5.92 Å². The van der Waals surface area contributed by atoms with Crippen LogP contribution in [0.1, 0.15) is 90.8 Å². The SMILES string of the molecule is CCCCCCCCCn1c(CCCNC(=O)C(CC)CC)nc2ccccc21. The molecule has 0 aliphatic rings. The van der Waals surface area contributed by atoms with E-state index in [2.05, 4.69) is 54.9 Å². The van der Waals surface area contributed by atoms with Crippen LogP contribution in [0.15, 0.2) is 24.3 Å². The predicted octanol–water partition coefficient (Wildman–Crippen LogP) is 6.27. The average molecular weight is 400 g/mol. The Kier molecular flexibility index (Phi) is 10.8. The van der Waals surface area contributed by atoms with Crippen molar-refractivity contribution in [3.8, 4) is 0 Å². The number of imidazole rings is 1. The van der Waals surface area contributed by atoms with E-state index in [0.717, 1.165) is 50.1 Å². The van der Waals surface area contributed by atoms with Crippen LogP contribution >= 0.6 is 0 Å². The van der Waals surface area contributed by atoms with Crippen LogP contribution in [0.25, 0.3) is 11.0 Å². The molecule has 0 aliphatic carbocycles. The summed E-state index contributed by atoms with van der Waals surface area (Å²) in [6.45, 7) is 8.21. The molecule has 2 aromatic rings. The number of carbonyl (C=O) groups is 1. The van der Waals surface area contributed by atoms with Gasteiger partial charge in [0.1, 0.15) is 5.82 Å². The highest BCUT2D eigenvalue weighted by Crippen LogP contribution is 2.19. The van der Waals surface area contributed by atoms with Crippen molar-refractivity contribution in [3.63, 3.8) is 0 Å². The number of nitrogens with one attached hydrogen (secondary N) is 1. The summed E-state index contributed by atoms with van der Waals surface area (Å²) in [5.41, 5.74) is 2.33. The first-order chi connectivity index (χ1) is 14.2. The smallest absolute Gasteiger partial charge is 0.223 e. The van der Waals surface area contributed by atoms with Crippen molar-refractivity contribution in [1.82, 2.24) is 14.9 Å². The highest BCUT2D eigenvalue weighted by molar-refractivity contribution is 5.78. The first-order valence-corrected chi connectivity index (χ1v) is 11.9. The Labute approximate surface area is 177 Å². The first-order valence-electron chi connectivity index (χ1n) is 11.9. The number of benzene rings is 1. The standard InChI is InChI=1S/C25H41N3O/c1-4-7-8-9-10-11-14-20-28-23-17-13-12-16-22(23)27-24(28)18-15-19-26-25(29)21(5-2)6-3/h12-13,16-17,21H,4-11,14-15,18-20H2,1-3H3,(H,26,29). The molecule has 0 saturated heterocycles. The fourth-order valence-corrected chi connectivity index (χ4v) is 4.05. The zero-order valence-corrected chi connectivity index (χ0v) is 18.9. The van der Waals surface area contributed by atoms with E-state index < -0.39 is 0 Å². The van der Waals surface area contributed by atoms with Crippen LogP contribution < -0.4 is 5.32 Å². The van der Waals surface area contributed by atoms with Crippen LogP contribution in [0.2, 0.25) is 0 Å². The van der Waals surface area contributed by atoms with Crippen molar-refractivity contribution in [2.75, 3.05) is 6.54 Å². The van der Waals surface area contributed by atoms with Gasteiger partial charge in [-0.05, 0) is 37.8 Å². The number of unbranched alkanes of at least 4 members (excludes halogenated alkanes) is 6. The molecule has 1 aromatic carbocycles. The lowest BCUT2D eigenvalue weighted by Gasteiger charge is -2.13. The van der Waals surface area contributed by atoms with Gasteiger partial charge in [0, 0.05) is 25.4 Å². The summed E-state index contributed by atoms with van der Waals surface area (Å²) in [5, 5.41) is 3.11. The predicted molar refractivity (Wildman–Crippen MR) is 123 cm³/mol. The van der Waals surface area contributed by atoms with Crippen molar-refractivity contribution < 1.29 is 4.79 Å². The molecule has 2 rings (SSSR count). The molecule has 0 bridgehead atoms. The van der Waals surface area contributed by atoms with Gasteiger partial charge in [-0.25, -0.2) is 4.98 Å². The van der Waals surface area contributed by atoms with Gasteiger partial charge >= 0.3 is 0 Å². The second-order valence-electron chi connectivity index (χ2n) is 8.20. The number of fused-ring (bicyclic) bond motifs is 1. The lowest BCUT2D eigenvalue weighted by Crippen LogP contribution is -2.31. The summed E-state index contributed by atoms with van der Waals surface area (Å²) in [6.07, 6.45) is 12.9. The molecule has 0 radical (unpaired) electrons. The molecule has 1 heterocycles. The van der Waals surface area contributed by atoms with Crippen molar-refractivity contribution in [2.24, 2.45) is 5.92 Å². The topological polar surface area (TPSA) is 46.9 Å². The van der Waals surface area contributed by atoms with Gasteiger partial charge in [0.05, 0.1) is 11.0 Å². The largest absolute Gasteiger partial charge is 0.356 e. The number of aromatic nitrogens is 2. The van der Waals surface area contributed by atoms with Crippen molar-refractivity contribution in [2.45, 2.75) is 97.9 Å². The third-order valence-electron chi connectivity index (χ3n) is 5.95. The number of hydrogen-bond donors (Lipinski definition) is 1. The van der Waals surface area contributed by atoms with E-state index in [1.54, 1.807) is 0 Å². The average Bonchev–Trinajstić information content (AvgIpc) is 3.09. The lowest BCUT2D eigenvalue weighted by atomic mass is 10.0. The molecule has 0 aliphatic heterocycles. The zero-order valence-electron chi connectivity index (χ0n) is 18.9. The van der Waals surface area contributed by atoms with Gasteiger partial charge in [-0.1, -0.05) is 71.4 Å². The molecule has 162 valence electrons. The molecular weight excluding hydrogens is 358 g/mol. The number of amides is 1. The molecule has 0 saturated carbocycles. The number of nitrogens with zero attached hydrogens (tertiary/aromatic N) is 2. The maximum atomic E-state index is 12.2. The Morgan fingerprint density at radius 2 is 1.66 bits per heavy atom. The molecule has 1 N–H and O–H groups in total. The van der Waals surface area contributed by atoms with E-state index in [4.69, 9.17) is 4.98 Å². The van der Waals surface area contributed by atoms with Gasteiger partial charge in [-0.2, -0.15) is 0 Å². The van der Waals surface area contributed by atoms with Gasteiger partial charge < -0.3 is 9.88 Å². The Morgan fingerprint density at radius 1 is 0.966 bits per heavy atom. The van der Waals surface area contributed by atoms with Crippen molar-refractivity contribution >= 4 is 16.9 Å². The Balaban J connectivity index is 1.86. The van der Waals surface area contributed by atoms with E-state index in [9.17, 15) is 4.79 Å². The van der Waals surface area contributed by atoms with Crippen LogP contribution in [-0.4, -0.2) is 22.0 Å². The minimum atomic E-state index is 0.150. The molecule has 4 nitrogen and oxygen atoms in total. The number of hydrogen-bond acceptors (Lipinski definition) is 2. The summed E-state index contributed by atoms with van der Waals surface area (Å²) in [4.78, 5) is 17.0. The second kappa shape index (κ2) is 13.4. The Morgan fingerprint density at radius 3 is 2.38 bits per heavy atom. The highest BCUT2D eigenvalue weighted by Gasteiger charge is 2.14. The lowest BCUT2D eigenvalue weighted by molar-refractivity contribution is -0.125. The molecule has 29 heavy (non-hydrogen) atoms. The van der Waals surface area contributed by atoms with Crippen molar-refractivity contribution in [1.29, 1.82) is 0 Å². The van der Waals surface area contributed by atoms with Gasteiger partial charge in [-0.3, -0.25) is 4.79 Å². The molecule has 0 spiro atoms. The first kappa shape index (κ1) is 23.4. The van der Waals surface area contributed by atoms with Crippen molar-refractivity contribution in [3.05, 3.63) is 30.1 Å². The summed E-state index contributed by atoms with van der Waals surface area (Å²) >= 11 is 0. The summed E-state index contributed by atoms with van der Waals surface area (Å²) in [7, 11) is 0. The molecule has 0 fully saturated rings. The third kappa shape index (κ3) is 7.49. The molecule has 4 heteroatoms. The zero-order chi connectivity index (χ0) is 20.9. The number of rotatable bonds is 15. The van der Waals surface area contributed by atoms with Crippen LogP contribution in [-0.2, 0) is 17.8 Å². The Bertz CT molecular complexity index is 718. The van der Waals surface area contributed by atoms with Crippen LogP contribution in [0.4, 0.5) is 0 Å². The number of carbonyl (C=O) groups excluding carboxylic acids is 1. The van der Waals surface area contributed by atoms with E-state index in [0.29, 0.717) is 0 Å². The van der Waals surface area contributed by atoms with Gasteiger partial charge in [0.15, 0.2) is 0 Å². The molecular formula is C25H41N3O. The minimum absolute atomic E-state index is 0.150. The fraction of sp³-hybridized carbons (Fsp3) is 0.680. The monoisotopic (exact) mass is 399 g/mol. The summed E-state index contributed by atoms with van der Waals surface area (Å²) in [5.74, 6) is 1.51. The summed E-state index contributed by atoms with van der Waals surface area (Å²) in [6, 6.07) is 8.45. The molecule has 1 amide bonds. The van der Waals surface area contributed by atoms with E-state index in [-0.39, 0.29) is 11.8 Å². The van der Waals surface area contributed by atoms with E-state index >= 15 is 0 Å². The quantitative estimate of drug-likeness (QED) is 0.359. The fourth-order valence-electron chi connectivity index (χ4n) is 4.05. The third-order valence-corrected chi connectivity index (χ3v) is 5.95. The molecule has 0 unspecified atom stereocenters. The minimum Gasteiger partial charge on any atom is -0.356 e. The Hall–Kier alpha value is -1.84. The van der Waals surface area contributed by atoms with Crippen LogP contribution in [0.3, 0.4) is 0 Å². The summed E-state index contributed by atoms with van der Waals surface area (Å²) < 4.78 is 2.41. The highest BCUT2D eigenvalue weighted by atomic mass is 16.1. The van der Waals surface area contributed by atoms with E-state index in [1.807, 2.05) is 0 Å². The number of para-hydroxylation sites is 2. The van der Waals surface area contributed by atoms with Gasteiger partial charge in [0.2, 0.25) is 5.91 Å². The molecule has 0 atom stereocenters. The van der Waals surface area contributed by atoms with E-state index in [1.165, 1.54) is 50.5 Å². The van der Waals surface area contributed by atoms with Gasteiger partial charge in [0.25, 0.3) is 0 Å². The number of aryl methyl sites for hydroxylation is 2.